The Hall–Kier alpha value is -1.10. The standard InChI is InChI=1S/C13H14Cl2FN3/c1-7(2)19-13(10(15)6-18-19)12(17)8-4-3-5-9(14)11(8)16/h3-7,12H,17H2,1-2H3. The van der Waals surface area contributed by atoms with E-state index in [0.29, 0.717) is 16.3 Å². The van der Waals surface area contributed by atoms with Gasteiger partial charge in [-0.05, 0) is 19.9 Å². The van der Waals surface area contributed by atoms with Crippen LogP contribution in [0, 0.1) is 5.82 Å². The van der Waals surface area contributed by atoms with Crippen molar-refractivity contribution in [2.45, 2.75) is 25.9 Å². The Balaban J connectivity index is 2.53. The van der Waals surface area contributed by atoms with Crippen LogP contribution in [-0.2, 0) is 0 Å². The fourth-order valence-corrected chi connectivity index (χ4v) is 2.39. The van der Waals surface area contributed by atoms with Gasteiger partial charge >= 0.3 is 0 Å². The Morgan fingerprint density at radius 2 is 1.95 bits per heavy atom. The molecule has 0 radical (unpaired) electrons. The van der Waals surface area contributed by atoms with Crippen molar-refractivity contribution in [1.29, 1.82) is 0 Å². The summed E-state index contributed by atoms with van der Waals surface area (Å²) < 4.78 is 15.7. The van der Waals surface area contributed by atoms with Gasteiger partial charge in [-0.3, -0.25) is 4.68 Å². The molecule has 0 aliphatic rings. The zero-order valence-corrected chi connectivity index (χ0v) is 12.1. The van der Waals surface area contributed by atoms with Gasteiger partial charge in [0, 0.05) is 11.6 Å². The molecule has 0 saturated carbocycles. The Morgan fingerprint density at radius 3 is 2.58 bits per heavy atom. The van der Waals surface area contributed by atoms with Crippen molar-refractivity contribution in [1.82, 2.24) is 9.78 Å². The minimum Gasteiger partial charge on any atom is -0.319 e. The summed E-state index contributed by atoms with van der Waals surface area (Å²) >= 11 is 11.9. The fourth-order valence-electron chi connectivity index (χ4n) is 1.96. The van der Waals surface area contributed by atoms with E-state index in [9.17, 15) is 4.39 Å². The zero-order chi connectivity index (χ0) is 14.2. The van der Waals surface area contributed by atoms with E-state index in [0.717, 1.165) is 0 Å². The number of aromatic nitrogens is 2. The summed E-state index contributed by atoms with van der Waals surface area (Å²) in [5.74, 6) is -0.524. The molecule has 0 aliphatic carbocycles. The van der Waals surface area contributed by atoms with E-state index in [2.05, 4.69) is 5.10 Å². The van der Waals surface area contributed by atoms with E-state index in [-0.39, 0.29) is 11.1 Å². The van der Waals surface area contributed by atoms with Crippen molar-refractivity contribution in [3.05, 3.63) is 51.5 Å². The molecule has 1 unspecified atom stereocenters. The lowest BCUT2D eigenvalue weighted by molar-refractivity contribution is 0.494. The maximum atomic E-state index is 14.0. The molecule has 2 aromatic rings. The highest BCUT2D eigenvalue weighted by atomic mass is 35.5. The van der Waals surface area contributed by atoms with E-state index in [1.807, 2.05) is 13.8 Å². The van der Waals surface area contributed by atoms with Gasteiger partial charge in [0.15, 0.2) is 0 Å². The van der Waals surface area contributed by atoms with Crippen LogP contribution in [0.1, 0.15) is 37.2 Å². The average molecular weight is 302 g/mol. The third-order valence-electron chi connectivity index (χ3n) is 2.89. The van der Waals surface area contributed by atoms with Gasteiger partial charge in [0.05, 0.1) is 28.0 Å². The lowest BCUT2D eigenvalue weighted by atomic mass is 10.0. The molecule has 0 spiro atoms. The lowest BCUT2D eigenvalue weighted by Gasteiger charge is -2.18. The van der Waals surface area contributed by atoms with Gasteiger partial charge in [0.1, 0.15) is 5.82 Å². The number of halogens is 3. The molecule has 0 bridgehead atoms. The first kappa shape index (κ1) is 14.3. The molecule has 2 N–H and O–H groups in total. The second kappa shape index (κ2) is 5.49. The van der Waals surface area contributed by atoms with E-state index in [1.54, 1.807) is 16.8 Å². The summed E-state index contributed by atoms with van der Waals surface area (Å²) in [6, 6.07) is 4.10. The van der Waals surface area contributed by atoms with Crippen LogP contribution in [0.4, 0.5) is 4.39 Å². The topological polar surface area (TPSA) is 43.8 Å². The third-order valence-corrected chi connectivity index (χ3v) is 3.47. The van der Waals surface area contributed by atoms with Crippen LogP contribution in [-0.4, -0.2) is 9.78 Å². The monoisotopic (exact) mass is 301 g/mol. The molecule has 1 atom stereocenters. The minimum atomic E-state index is -0.712. The number of benzene rings is 1. The third kappa shape index (κ3) is 2.61. The molecular weight excluding hydrogens is 288 g/mol. The van der Waals surface area contributed by atoms with Gasteiger partial charge in [0.25, 0.3) is 0 Å². The molecule has 1 aromatic carbocycles. The highest BCUT2D eigenvalue weighted by molar-refractivity contribution is 6.31. The molecule has 6 heteroatoms. The summed E-state index contributed by atoms with van der Waals surface area (Å²) in [6.45, 7) is 3.90. The summed E-state index contributed by atoms with van der Waals surface area (Å²) in [5, 5.41) is 4.62. The Labute approximate surface area is 121 Å². The van der Waals surface area contributed by atoms with Crippen LogP contribution >= 0.6 is 23.2 Å². The predicted molar refractivity (Wildman–Crippen MR) is 75.1 cm³/mol. The van der Waals surface area contributed by atoms with Crippen LogP contribution in [0.15, 0.2) is 24.4 Å². The normalized spacial score (nSPS) is 13.0. The van der Waals surface area contributed by atoms with Crippen molar-refractivity contribution in [2.75, 3.05) is 0 Å². The molecule has 2 rings (SSSR count). The van der Waals surface area contributed by atoms with Crippen LogP contribution in [0.5, 0.6) is 0 Å². The van der Waals surface area contributed by atoms with Crippen LogP contribution in [0.25, 0.3) is 0 Å². The highest BCUT2D eigenvalue weighted by Crippen LogP contribution is 2.31. The quantitative estimate of drug-likeness (QED) is 0.932. The van der Waals surface area contributed by atoms with Crippen molar-refractivity contribution in [3.63, 3.8) is 0 Å². The minimum absolute atomic E-state index is 0.0414. The fraction of sp³-hybridized carbons (Fsp3) is 0.308. The molecule has 102 valence electrons. The summed E-state index contributed by atoms with van der Waals surface area (Å²) in [6.07, 6.45) is 1.51. The highest BCUT2D eigenvalue weighted by Gasteiger charge is 2.23. The molecule has 1 aromatic heterocycles. The maximum Gasteiger partial charge on any atom is 0.146 e. The van der Waals surface area contributed by atoms with Crippen molar-refractivity contribution < 1.29 is 4.39 Å². The van der Waals surface area contributed by atoms with Gasteiger partial charge in [-0.15, -0.1) is 0 Å². The van der Waals surface area contributed by atoms with E-state index in [4.69, 9.17) is 28.9 Å². The molecule has 1 heterocycles. The van der Waals surface area contributed by atoms with E-state index < -0.39 is 11.9 Å². The SMILES string of the molecule is CC(C)n1ncc(Cl)c1C(N)c1cccc(Cl)c1F. The maximum absolute atomic E-state index is 14.0. The Bertz CT molecular complexity index is 596. The first-order valence-corrected chi connectivity index (χ1v) is 6.61. The molecule has 0 aliphatic heterocycles. The van der Waals surface area contributed by atoms with Gasteiger partial charge < -0.3 is 5.73 Å². The number of nitrogens with two attached hydrogens (primary N) is 1. The molecular formula is C13H14Cl2FN3. The molecule has 0 fully saturated rings. The second-order valence-corrected chi connectivity index (χ2v) is 5.35. The molecule has 3 nitrogen and oxygen atoms in total. The Morgan fingerprint density at radius 1 is 1.26 bits per heavy atom. The lowest BCUT2D eigenvalue weighted by Crippen LogP contribution is -2.20. The van der Waals surface area contributed by atoms with Crippen LogP contribution in [0.2, 0.25) is 10.0 Å². The largest absolute Gasteiger partial charge is 0.319 e. The van der Waals surface area contributed by atoms with Crippen LogP contribution in [0.3, 0.4) is 0 Å². The second-order valence-electron chi connectivity index (χ2n) is 4.54. The number of nitrogens with zero attached hydrogens (tertiary/aromatic N) is 2. The van der Waals surface area contributed by atoms with Crippen molar-refractivity contribution in [2.24, 2.45) is 5.73 Å². The first-order valence-electron chi connectivity index (χ1n) is 5.86. The number of rotatable bonds is 3. The first-order chi connectivity index (χ1) is 8.93. The van der Waals surface area contributed by atoms with Gasteiger partial charge in [0.2, 0.25) is 0 Å². The van der Waals surface area contributed by atoms with Crippen LogP contribution < -0.4 is 5.73 Å². The Kier molecular flexibility index (Phi) is 4.13. The molecule has 0 amide bonds. The van der Waals surface area contributed by atoms with E-state index >= 15 is 0 Å². The summed E-state index contributed by atoms with van der Waals surface area (Å²) in [5.41, 5.74) is 7.01. The van der Waals surface area contributed by atoms with Gasteiger partial charge in [-0.25, -0.2) is 4.39 Å². The molecule has 0 saturated heterocycles. The zero-order valence-electron chi connectivity index (χ0n) is 10.6. The molecule has 19 heavy (non-hydrogen) atoms. The summed E-state index contributed by atoms with van der Waals surface area (Å²) in [4.78, 5) is 0. The number of hydrogen-bond acceptors (Lipinski definition) is 2. The smallest absolute Gasteiger partial charge is 0.146 e. The summed E-state index contributed by atoms with van der Waals surface area (Å²) in [7, 11) is 0. The predicted octanol–water partition coefficient (Wildman–Crippen LogP) is 3.96. The van der Waals surface area contributed by atoms with Gasteiger partial charge in [-0.1, -0.05) is 35.3 Å². The van der Waals surface area contributed by atoms with E-state index in [1.165, 1.54) is 12.3 Å². The number of hydrogen-bond donors (Lipinski definition) is 1. The van der Waals surface area contributed by atoms with Crippen molar-refractivity contribution in [3.8, 4) is 0 Å². The van der Waals surface area contributed by atoms with Crippen molar-refractivity contribution >= 4 is 23.2 Å². The average Bonchev–Trinajstić information content (AvgIpc) is 2.74. The van der Waals surface area contributed by atoms with Gasteiger partial charge in [-0.2, -0.15) is 5.10 Å².